The highest BCUT2D eigenvalue weighted by Crippen LogP contribution is 2.38. The Morgan fingerprint density at radius 1 is 1.06 bits per heavy atom. The van der Waals surface area contributed by atoms with E-state index in [-0.39, 0.29) is 17.1 Å². The van der Waals surface area contributed by atoms with Gasteiger partial charge < -0.3 is 14.1 Å². The van der Waals surface area contributed by atoms with Crippen LogP contribution in [0.2, 0.25) is 5.02 Å². The molecule has 2 aromatic carbocycles. The van der Waals surface area contributed by atoms with Crippen LogP contribution in [0, 0.1) is 6.92 Å². The third-order valence-corrected chi connectivity index (χ3v) is 6.53. The Labute approximate surface area is 185 Å². The van der Waals surface area contributed by atoms with Gasteiger partial charge in [-0.2, -0.15) is 0 Å². The maximum absolute atomic E-state index is 13.5. The van der Waals surface area contributed by atoms with Crippen molar-refractivity contribution in [3.8, 4) is 0 Å². The first-order valence-electron chi connectivity index (χ1n) is 10.5. The summed E-state index contributed by atoms with van der Waals surface area (Å²) in [7, 11) is 0. The maximum Gasteiger partial charge on any atom is 0.290 e. The van der Waals surface area contributed by atoms with Gasteiger partial charge in [0.2, 0.25) is 5.76 Å². The number of amides is 1. The van der Waals surface area contributed by atoms with Crippen molar-refractivity contribution in [1.82, 2.24) is 9.80 Å². The monoisotopic (exact) mass is 438 g/mol. The molecule has 1 amide bonds. The van der Waals surface area contributed by atoms with E-state index in [0.29, 0.717) is 47.9 Å². The summed E-state index contributed by atoms with van der Waals surface area (Å²) in [4.78, 5) is 31.0. The number of morpholine rings is 1. The molecule has 31 heavy (non-hydrogen) atoms. The highest BCUT2D eigenvalue weighted by molar-refractivity contribution is 6.32. The molecular formula is C24H23ClN2O4. The normalized spacial score (nSPS) is 19.2. The lowest BCUT2D eigenvalue weighted by Gasteiger charge is -2.31. The second-order valence-electron chi connectivity index (χ2n) is 8.04. The Bertz CT molecular complexity index is 1200. The fourth-order valence-electron chi connectivity index (χ4n) is 4.43. The summed E-state index contributed by atoms with van der Waals surface area (Å²) in [5.41, 5.74) is 2.27. The average Bonchev–Trinajstić information content (AvgIpc) is 3.07. The Balaban J connectivity index is 1.61. The molecule has 0 spiro atoms. The van der Waals surface area contributed by atoms with E-state index >= 15 is 0 Å². The second kappa shape index (κ2) is 8.11. The van der Waals surface area contributed by atoms with Gasteiger partial charge in [0, 0.05) is 31.2 Å². The minimum Gasteiger partial charge on any atom is -0.450 e. The van der Waals surface area contributed by atoms with Gasteiger partial charge in [0.05, 0.1) is 30.2 Å². The zero-order chi connectivity index (χ0) is 21.5. The molecule has 1 saturated heterocycles. The zero-order valence-electron chi connectivity index (χ0n) is 17.3. The molecular weight excluding hydrogens is 416 g/mol. The summed E-state index contributed by atoms with van der Waals surface area (Å²) >= 11 is 6.28. The summed E-state index contributed by atoms with van der Waals surface area (Å²) in [6.45, 7) is 6.12. The predicted octanol–water partition coefficient (Wildman–Crippen LogP) is 3.63. The molecule has 0 saturated carbocycles. The SMILES string of the molecule is Cc1cc2oc3c(c(=O)c2cc1Cl)[C@@H](c1ccccc1)N(CCN1CCOCC1)C3=O. The van der Waals surface area contributed by atoms with Crippen LogP contribution in [-0.4, -0.2) is 55.1 Å². The van der Waals surface area contributed by atoms with Gasteiger partial charge >= 0.3 is 0 Å². The molecule has 0 radical (unpaired) electrons. The van der Waals surface area contributed by atoms with E-state index in [1.807, 2.05) is 37.3 Å². The van der Waals surface area contributed by atoms with Crippen LogP contribution in [0.5, 0.6) is 0 Å². The number of aryl methyl sites for hydroxylation is 1. The molecule has 160 valence electrons. The molecule has 2 aliphatic rings. The molecule has 1 atom stereocenters. The predicted molar refractivity (Wildman–Crippen MR) is 119 cm³/mol. The lowest BCUT2D eigenvalue weighted by molar-refractivity contribution is 0.0314. The third kappa shape index (κ3) is 3.55. The van der Waals surface area contributed by atoms with Gasteiger partial charge in [-0.05, 0) is 30.2 Å². The van der Waals surface area contributed by atoms with Crippen molar-refractivity contribution < 1.29 is 13.9 Å². The highest BCUT2D eigenvalue weighted by atomic mass is 35.5. The molecule has 5 rings (SSSR count). The number of rotatable bonds is 4. The van der Waals surface area contributed by atoms with Gasteiger partial charge in [0.25, 0.3) is 5.91 Å². The van der Waals surface area contributed by atoms with Crippen molar-refractivity contribution in [2.24, 2.45) is 0 Å². The van der Waals surface area contributed by atoms with E-state index in [9.17, 15) is 9.59 Å². The summed E-state index contributed by atoms with van der Waals surface area (Å²) in [6, 6.07) is 12.5. The lowest BCUT2D eigenvalue weighted by Crippen LogP contribution is -2.42. The molecule has 1 aromatic heterocycles. The standard InChI is InChI=1S/C24H23ClN2O4/c1-15-13-19-17(14-18(15)25)22(28)20-21(16-5-3-2-4-6-16)27(24(29)23(20)31-19)8-7-26-9-11-30-12-10-26/h2-6,13-14,21H,7-12H2,1H3/t21-/m1/s1. The number of halogens is 1. The largest absolute Gasteiger partial charge is 0.450 e. The molecule has 2 aliphatic heterocycles. The Morgan fingerprint density at radius 3 is 2.55 bits per heavy atom. The molecule has 3 aromatic rings. The summed E-state index contributed by atoms with van der Waals surface area (Å²) < 4.78 is 11.4. The van der Waals surface area contributed by atoms with E-state index in [2.05, 4.69) is 4.90 Å². The van der Waals surface area contributed by atoms with Crippen molar-refractivity contribution in [1.29, 1.82) is 0 Å². The quantitative estimate of drug-likeness (QED) is 0.622. The average molecular weight is 439 g/mol. The van der Waals surface area contributed by atoms with Gasteiger partial charge in [-0.25, -0.2) is 0 Å². The maximum atomic E-state index is 13.5. The Kier molecular flexibility index (Phi) is 5.30. The van der Waals surface area contributed by atoms with Crippen molar-refractivity contribution in [3.05, 3.63) is 80.2 Å². The van der Waals surface area contributed by atoms with Crippen LogP contribution < -0.4 is 5.43 Å². The van der Waals surface area contributed by atoms with E-state index in [4.69, 9.17) is 20.8 Å². The first-order valence-corrected chi connectivity index (χ1v) is 10.9. The number of ether oxygens (including phenoxy) is 1. The number of carbonyl (C=O) groups excluding carboxylic acids is 1. The van der Waals surface area contributed by atoms with Crippen molar-refractivity contribution in [2.45, 2.75) is 13.0 Å². The van der Waals surface area contributed by atoms with E-state index < -0.39 is 6.04 Å². The van der Waals surface area contributed by atoms with E-state index in [0.717, 1.165) is 24.2 Å². The number of carbonyl (C=O) groups is 1. The summed E-state index contributed by atoms with van der Waals surface area (Å²) in [6.07, 6.45) is 0. The van der Waals surface area contributed by atoms with Crippen LogP contribution in [-0.2, 0) is 4.74 Å². The topological polar surface area (TPSA) is 63.0 Å². The van der Waals surface area contributed by atoms with Crippen molar-refractivity contribution >= 4 is 28.5 Å². The second-order valence-corrected chi connectivity index (χ2v) is 8.44. The molecule has 0 unspecified atom stereocenters. The molecule has 6 nitrogen and oxygen atoms in total. The zero-order valence-corrected chi connectivity index (χ0v) is 18.0. The number of hydrogen-bond donors (Lipinski definition) is 0. The molecule has 1 fully saturated rings. The van der Waals surface area contributed by atoms with Crippen LogP contribution in [0.4, 0.5) is 0 Å². The fraction of sp³-hybridized carbons (Fsp3) is 0.333. The first-order chi connectivity index (χ1) is 15.0. The van der Waals surface area contributed by atoms with Crippen LogP contribution in [0.15, 0.2) is 51.7 Å². The van der Waals surface area contributed by atoms with Gasteiger partial charge in [0.15, 0.2) is 5.43 Å². The number of benzene rings is 2. The fourth-order valence-corrected chi connectivity index (χ4v) is 4.59. The smallest absolute Gasteiger partial charge is 0.290 e. The number of fused-ring (bicyclic) bond motifs is 2. The van der Waals surface area contributed by atoms with Crippen LogP contribution in [0.25, 0.3) is 11.0 Å². The minimum atomic E-state index is -0.481. The summed E-state index contributed by atoms with van der Waals surface area (Å²) in [5.74, 6) is -0.112. The third-order valence-electron chi connectivity index (χ3n) is 6.12. The van der Waals surface area contributed by atoms with Crippen molar-refractivity contribution in [3.63, 3.8) is 0 Å². The highest BCUT2D eigenvalue weighted by Gasteiger charge is 2.42. The Morgan fingerprint density at radius 2 is 1.81 bits per heavy atom. The molecule has 3 heterocycles. The number of hydrogen-bond acceptors (Lipinski definition) is 5. The van der Waals surface area contributed by atoms with Crippen LogP contribution in [0.3, 0.4) is 0 Å². The molecule has 7 heteroatoms. The number of nitrogens with zero attached hydrogens (tertiary/aromatic N) is 2. The van der Waals surface area contributed by atoms with Crippen molar-refractivity contribution in [2.75, 3.05) is 39.4 Å². The Hall–Kier alpha value is -2.67. The van der Waals surface area contributed by atoms with Gasteiger partial charge in [-0.3, -0.25) is 14.5 Å². The van der Waals surface area contributed by atoms with Crippen LogP contribution >= 0.6 is 11.6 Å². The summed E-state index contributed by atoms with van der Waals surface area (Å²) in [5, 5.41) is 0.905. The molecule has 0 bridgehead atoms. The van der Waals surface area contributed by atoms with Crippen LogP contribution in [0.1, 0.15) is 33.3 Å². The molecule has 0 aliphatic carbocycles. The van der Waals surface area contributed by atoms with Gasteiger partial charge in [-0.15, -0.1) is 0 Å². The lowest BCUT2D eigenvalue weighted by atomic mass is 9.98. The molecule has 0 N–H and O–H groups in total. The van der Waals surface area contributed by atoms with E-state index in [1.54, 1.807) is 17.0 Å². The first kappa shape index (κ1) is 20.2. The van der Waals surface area contributed by atoms with Gasteiger partial charge in [0.1, 0.15) is 5.58 Å². The minimum absolute atomic E-state index is 0.134. The van der Waals surface area contributed by atoms with Gasteiger partial charge in [-0.1, -0.05) is 41.9 Å². The van der Waals surface area contributed by atoms with E-state index in [1.165, 1.54) is 0 Å².